The second-order valence-corrected chi connectivity index (χ2v) is 7.49. The van der Waals surface area contributed by atoms with Crippen LogP contribution in [0, 0.1) is 6.92 Å². The van der Waals surface area contributed by atoms with Crippen LogP contribution in [0.15, 0.2) is 60.7 Å². The van der Waals surface area contributed by atoms with Crippen molar-refractivity contribution in [3.63, 3.8) is 0 Å². The van der Waals surface area contributed by atoms with Gasteiger partial charge in [-0.1, -0.05) is 25.1 Å². The zero-order chi connectivity index (χ0) is 22.2. The summed E-state index contributed by atoms with van der Waals surface area (Å²) < 4.78 is 11.5. The van der Waals surface area contributed by atoms with Crippen molar-refractivity contribution in [1.29, 1.82) is 0 Å². The van der Waals surface area contributed by atoms with Crippen molar-refractivity contribution in [2.75, 3.05) is 11.9 Å². The van der Waals surface area contributed by atoms with Gasteiger partial charge < -0.3 is 14.8 Å². The van der Waals surface area contributed by atoms with Gasteiger partial charge in [0.2, 0.25) is 0 Å². The number of carbonyl (C=O) groups excluding carboxylic acids is 1. The first kappa shape index (κ1) is 22.5. The van der Waals surface area contributed by atoms with E-state index in [0.717, 1.165) is 24.3 Å². The van der Waals surface area contributed by atoms with Gasteiger partial charge in [-0.2, -0.15) is 0 Å². The second kappa shape index (κ2) is 10.7. The summed E-state index contributed by atoms with van der Waals surface area (Å²) >= 11 is 0. The largest absolute Gasteiger partial charge is 0.457 e. The van der Waals surface area contributed by atoms with E-state index in [9.17, 15) is 4.79 Å². The van der Waals surface area contributed by atoms with E-state index in [1.807, 2.05) is 75.4 Å². The van der Waals surface area contributed by atoms with Gasteiger partial charge in [-0.15, -0.1) is 0 Å². The molecule has 1 atom stereocenters. The number of pyridine rings is 1. The van der Waals surface area contributed by atoms with Crippen molar-refractivity contribution in [3.05, 3.63) is 83.2 Å². The Labute approximate surface area is 184 Å². The highest BCUT2D eigenvalue weighted by molar-refractivity contribution is 6.05. The Balaban J connectivity index is 1.68. The van der Waals surface area contributed by atoms with Crippen molar-refractivity contribution >= 4 is 11.6 Å². The van der Waals surface area contributed by atoms with Gasteiger partial charge in [0.1, 0.15) is 11.5 Å². The lowest BCUT2D eigenvalue weighted by Crippen LogP contribution is -2.16. The number of aromatic nitrogens is 1. The van der Waals surface area contributed by atoms with Crippen LogP contribution in [0.5, 0.6) is 11.5 Å². The van der Waals surface area contributed by atoms with Gasteiger partial charge in [0.05, 0.1) is 17.4 Å². The number of amides is 1. The molecule has 2 aromatic carbocycles. The molecular formula is C26H30N2O3. The molecule has 0 aliphatic rings. The molecule has 0 saturated heterocycles. The van der Waals surface area contributed by atoms with Crippen molar-refractivity contribution in [3.8, 4) is 11.5 Å². The number of benzene rings is 2. The monoisotopic (exact) mass is 418 g/mol. The minimum atomic E-state index is -0.195. The Hall–Kier alpha value is -3.18. The van der Waals surface area contributed by atoms with Crippen LogP contribution in [-0.4, -0.2) is 23.6 Å². The van der Waals surface area contributed by atoms with Crippen LogP contribution in [0.25, 0.3) is 0 Å². The number of hydrogen-bond acceptors (Lipinski definition) is 4. The summed E-state index contributed by atoms with van der Waals surface area (Å²) in [5.74, 6) is 1.25. The molecule has 0 aliphatic carbocycles. The molecule has 1 heterocycles. The fourth-order valence-corrected chi connectivity index (χ4v) is 3.41. The average Bonchev–Trinajstić information content (AvgIpc) is 2.74. The first-order chi connectivity index (χ1) is 15.0. The maximum Gasteiger partial charge on any atom is 0.257 e. The van der Waals surface area contributed by atoms with Gasteiger partial charge >= 0.3 is 0 Å². The van der Waals surface area contributed by atoms with Crippen molar-refractivity contribution in [2.45, 2.75) is 46.6 Å². The summed E-state index contributed by atoms with van der Waals surface area (Å²) in [6.45, 7) is 8.63. The van der Waals surface area contributed by atoms with E-state index in [2.05, 4.69) is 23.3 Å². The maximum absolute atomic E-state index is 12.8. The summed E-state index contributed by atoms with van der Waals surface area (Å²) in [6.07, 6.45) is 1.76. The quantitative estimate of drug-likeness (QED) is 0.465. The van der Waals surface area contributed by atoms with E-state index in [1.165, 1.54) is 5.56 Å². The highest BCUT2D eigenvalue weighted by Gasteiger charge is 2.13. The average molecular weight is 419 g/mol. The van der Waals surface area contributed by atoms with Gasteiger partial charge in [0.25, 0.3) is 5.91 Å². The standard InChI is InChI=1S/C26H30N2O3/c1-5-20-9-7-11-23(16-20)31-24-12-8-10-21(17-24)28-26(29)25-14-13-22(27-19(25)4)15-18(3)30-6-2/h7-14,16-18H,5-6,15H2,1-4H3,(H,28,29). The summed E-state index contributed by atoms with van der Waals surface area (Å²) in [4.78, 5) is 17.4. The zero-order valence-corrected chi connectivity index (χ0v) is 18.6. The summed E-state index contributed by atoms with van der Waals surface area (Å²) in [6, 6.07) is 19.1. The molecule has 0 bridgehead atoms. The molecule has 0 fully saturated rings. The Bertz CT molecular complexity index is 1030. The van der Waals surface area contributed by atoms with Crippen LogP contribution in [0.4, 0.5) is 5.69 Å². The number of nitrogens with zero attached hydrogens (tertiary/aromatic N) is 1. The van der Waals surface area contributed by atoms with Crippen molar-refractivity contribution < 1.29 is 14.3 Å². The van der Waals surface area contributed by atoms with E-state index in [4.69, 9.17) is 9.47 Å². The lowest BCUT2D eigenvalue weighted by atomic mass is 10.1. The number of rotatable bonds is 9. The van der Waals surface area contributed by atoms with Crippen LogP contribution in [-0.2, 0) is 17.6 Å². The second-order valence-electron chi connectivity index (χ2n) is 7.49. The number of nitrogens with one attached hydrogen (secondary N) is 1. The van der Waals surface area contributed by atoms with Gasteiger partial charge in [-0.05, 0) is 69.2 Å². The van der Waals surface area contributed by atoms with E-state index in [0.29, 0.717) is 29.3 Å². The topological polar surface area (TPSA) is 60.5 Å². The van der Waals surface area contributed by atoms with E-state index in [1.54, 1.807) is 0 Å². The Morgan fingerprint density at radius 1 is 1.03 bits per heavy atom. The highest BCUT2D eigenvalue weighted by Crippen LogP contribution is 2.25. The predicted octanol–water partition coefficient (Wildman–Crippen LogP) is 5.96. The lowest BCUT2D eigenvalue weighted by molar-refractivity contribution is 0.0761. The first-order valence-corrected chi connectivity index (χ1v) is 10.7. The number of ether oxygens (including phenoxy) is 2. The lowest BCUT2D eigenvalue weighted by Gasteiger charge is -2.13. The van der Waals surface area contributed by atoms with Crippen LogP contribution in [0.2, 0.25) is 0 Å². The molecule has 0 aliphatic heterocycles. The molecule has 0 spiro atoms. The third-order valence-corrected chi connectivity index (χ3v) is 4.97. The normalized spacial score (nSPS) is 11.7. The Kier molecular flexibility index (Phi) is 7.79. The molecule has 0 saturated carbocycles. The molecule has 1 amide bonds. The molecule has 1 N–H and O–H groups in total. The van der Waals surface area contributed by atoms with Crippen molar-refractivity contribution in [2.24, 2.45) is 0 Å². The van der Waals surface area contributed by atoms with E-state index < -0.39 is 0 Å². The smallest absolute Gasteiger partial charge is 0.257 e. The minimum absolute atomic E-state index is 0.0948. The van der Waals surface area contributed by atoms with E-state index in [-0.39, 0.29) is 12.0 Å². The fraction of sp³-hybridized carbons (Fsp3) is 0.308. The van der Waals surface area contributed by atoms with Gasteiger partial charge in [-0.25, -0.2) is 0 Å². The molecular weight excluding hydrogens is 388 g/mol. The molecule has 1 aromatic heterocycles. The Morgan fingerprint density at radius 2 is 1.77 bits per heavy atom. The van der Waals surface area contributed by atoms with Crippen LogP contribution in [0.3, 0.4) is 0 Å². The van der Waals surface area contributed by atoms with Gasteiger partial charge in [0.15, 0.2) is 0 Å². The number of hydrogen-bond donors (Lipinski definition) is 1. The first-order valence-electron chi connectivity index (χ1n) is 10.7. The fourth-order valence-electron chi connectivity index (χ4n) is 3.41. The number of carbonyl (C=O) groups is 1. The predicted molar refractivity (Wildman–Crippen MR) is 124 cm³/mol. The molecule has 1 unspecified atom stereocenters. The SMILES string of the molecule is CCOC(C)Cc1ccc(C(=O)Nc2cccc(Oc3cccc(CC)c3)c2)c(C)n1. The molecule has 0 radical (unpaired) electrons. The number of aryl methyl sites for hydroxylation is 2. The third kappa shape index (κ3) is 6.40. The highest BCUT2D eigenvalue weighted by atomic mass is 16.5. The zero-order valence-electron chi connectivity index (χ0n) is 18.6. The summed E-state index contributed by atoms with van der Waals surface area (Å²) in [5, 5.41) is 2.94. The van der Waals surface area contributed by atoms with Crippen molar-refractivity contribution in [1.82, 2.24) is 4.98 Å². The Morgan fingerprint density at radius 3 is 2.48 bits per heavy atom. The molecule has 3 rings (SSSR count). The molecule has 162 valence electrons. The van der Waals surface area contributed by atoms with Gasteiger partial charge in [0, 0.05) is 30.5 Å². The summed E-state index contributed by atoms with van der Waals surface area (Å²) in [5.41, 5.74) is 4.04. The molecule has 5 heteroatoms. The maximum atomic E-state index is 12.8. The molecule has 3 aromatic rings. The third-order valence-electron chi connectivity index (χ3n) is 4.97. The van der Waals surface area contributed by atoms with Gasteiger partial charge in [-0.3, -0.25) is 9.78 Å². The molecule has 31 heavy (non-hydrogen) atoms. The summed E-state index contributed by atoms with van der Waals surface area (Å²) in [7, 11) is 0. The van der Waals surface area contributed by atoms with Crippen LogP contribution < -0.4 is 10.1 Å². The molecule has 5 nitrogen and oxygen atoms in total. The van der Waals surface area contributed by atoms with Crippen LogP contribution in [0.1, 0.15) is 48.1 Å². The minimum Gasteiger partial charge on any atom is -0.457 e. The van der Waals surface area contributed by atoms with E-state index >= 15 is 0 Å². The number of anilines is 1. The van der Waals surface area contributed by atoms with Crippen LogP contribution >= 0.6 is 0 Å².